The van der Waals surface area contributed by atoms with Crippen molar-refractivity contribution in [1.29, 1.82) is 0 Å². The van der Waals surface area contributed by atoms with Crippen molar-refractivity contribution in [2.75, 3.05) is 26.4 Å². The van der Waals surface area contributed by atoms with Gasteiger partial charge >= 0.3 is 11.9 Å². The lowest BCUT2D eigenvalue weighted by Gasteiger charge is -2.42. The highest BCUT2D eigenvalue weighted by atomic mass is 16.7. The second kappa shape index (κ2) is 38.3. The topological polar surface area (TPSA) is 231 Å². The molecule has 15 nitrogen and oxygen atoms in total. The summed E-state index contributed by atoms with van der Waals surface area (Å²) in [6, 6.07) is 0. The molecule has 0 amide bonds. The van der Waals surface area contributed by atoms with Crippen molar-refractivity contribution in [3.8, 4) is 0 Å². The minimum absolute atomic E-state index is 0.145. The molecule has 2 saturated heterocycles. The summed E-state index contributed by atoms with van der Waals surface area (Å²) >= 11 is 0. The van der Waals surface area contributed by atoms with E-state index in [1.54, 1.807) is 0 Å². The van der Waals surface area contributed by atoms with Crippen molar-refractivity contribution in [1.82, 2.24) is 0 Å². The Labute approximate surface area is 395 Å². The Balaban J connectivity index is 1.84. The van der Waals surface area contributed by atoms with Crippen LogP contribution in [0, 0.1) is 0 Å². The van der Waals surface area contributed by atoms with Gasteiger partial charge in [0.2, 0.25) is 0 Å². The summed E-state index contributed by atoms with van der Waals surface area (Å²) in [5, 5.41) is 72.0. The average Bonchev–Trinajstić information content (AvgIpc) is 3.31. The standard InChI is InChI=1S/C51H88O15/c1-3-5-7-9-11-13-15-17-19-21-23-25-27-29-31-33-42(53)61-36-39(64-43(54)34-32-30-28-26-24-22-20-18-16-14-12-10-8-6-4-2)37-62-50-49(60)47(58)45(56)41(66-50)38-63-51-48(59)46(57)44(55)40(35-52)65-51/h11-14,17-20,39-41,44-52,55-60H,3-10,15-16,21-38H2,1-2H3/b13-11-,14-12-,19-17-,20-18-/t39-,40-,41-,44+,45+,46+,47+,48-,49-,50-,51+/m1/s1. The van der Waals surface area contributed by atoms with E-state index in [0.29, 0.717) is 12.8 Å². The van der Waals surface area contributed by atoms with E-state index in [0.717, 1.165) is 89.9 Å². The number of hydrogen-bond donors (Lipinski definition) is 7. The molecule has 0 aromatic carbocycles. The van der Waals surface area contributed by atoms with Crippen LogP contribution in [0.4, 0.5) is 0 Å². The summed E-state index contributed by atoms with van der Waals surface area (Å²) in [7, 11) is 0. The monoisotopic (exact) mass is 941 g/mol. The number of aliphatic hydroxyl groups excluding tert-OH is 7. The van der Waals surface area contributed by atoms with Crippen LogP contribution in [-0.4, -0.2) is 142 Å². The lowest BCUT2D eigenvalue weighted by atomic mass is 9.98. The molecule has 0 bridgehead atoms. The summed E-state index contributed by atoms with van der Waals surface area (Å²) in [6.07, 6.45) is 24.2. The molecule has 0 radical (unpaired) electrons. The van der Waals surface area contributed by atoms with Gasteiger partial charge in [-0.2, -0.15) is 0 Å². The molecule has 66 heavy (non-hydrogen) atoms. The van der Waals surface area contributed by atoms with Crippen LogP contribution in [0.5, 0.6) is 0 Å². The van der Waals surface area contributed by atoms with E-state index in [1.165, 1.54) is 38.5 Å². The summed E-state index contributed by atoms with van der Waals surface area (Å²) in [5.41, 5.74) is 0. The molecule has 0 aromatic heterocycles. The molecule has 382 valence electrons. The molecule has 15 heteroatoms. The molecule has 0 saturated carbocycles. The van der Waals surface area contributed by atoms with Gasteiger partial charge in [0.05, 0.1) is 19.8 Å². The van der Waals surface area contributed by atoms with Crippen LogP contribution in [-0.2, 0) is 38.0 Å². The lowest BCUT2D eigenvalue weighted by Crippen LogP contribution is -2.61. The molecule has 0 aromatic rings. The van der Waals surface area contributed by atoms with E-state index in [9.17, 15) is 45.3 Å². The average molecular weight is 941 g/mol. The zero-order valence-electron chi connectivity index (χ0n) is 40.2. The Bertz CT molecular complexity index is 1340. The fourth-order valence-corrected chi connectivity index (χ4v) is 7.57. The number of aliphatic hydroxyl groups is 7. The van der Waals surface area contributed by atoms with Gasteiger partial charge in [0.15, 0.2) is 18.7 Å². The zero-order chi connectivity index (χ0) is 48.2. The van der Waals surface area contributed by atoms with Gasteiger partial charge in [-0.3, -0.25) is 9.59 Å². The molecule has 2 fully saturated rings. The fraction of sp³-hybridized carbons (Fsp3) is 0.804. The first kappa shape index (κ1) is 59.6. The molecule has 2 rings (SSSR count). The Morgan fingerprint density at radius 2 is 0.909 bits per heavy atom. The van der Waals surface area contributed by atoms with Crippen LogP contribution < -0.4 is 0 Å². The zero-order valence-corrected chi connectivity index (χ0v) is 40.2. The van der Waals surface area contributed by atoms with Crippen LogP contribution in [0.3, 0.4) is 0 Å². The predicted octanol–water partition coefficient (Wildman–Crippen LogP) is 6.71. The minimum Gasteiger partial charge on any atom is -0.462 e. The highest BCUT2D eigenvalue weighted by molar-refractivity contribution is 5.70. The van der Waals surface area contributed by atoms with Gasteiger partial charge in [-0.25, -0.2) is 0 Å². The molecule has 0 aliphatic carbocycles. The highest BCUT2D eigenvalue weighted by Crippen LogP contribution is 2.26. The van der Waals surface area contributed by atoms with Gasteiger partial charge in [0.1, 0.15) is 55.4 Å². The predicted molar refractivity (Wildman–Crippen MR) is 252 cm³/mol. The first-order valence-electron chi connectivity index (χ1n) is 25.2. The van der Waals surface area contributed by atoms with Gasteiger partial charge in [0.25, 0.3) is 0 Å². The SMILES string of the molecule is CCCCC/C=C\C/C=C\CCCCCCCC(=O)OC[C@H](CO[C@@H]1O[C@H](CO[C@H]2O[C@H](CO)[C@H](O)[C@H](O)[C@H]2O)[C@H](O)[C@H](O)[C@H]1O)OC(=O)CCCCCCC/C=C\C/C=C\CCCCC. The molecule has 0 unspecified atom stereocenters. The first-order valence-corrected chi connectivity index (χ1v) is 25.2. The van der Waals surface area contributed by atoms with Gasteiger partial charge in [0, 0.05) is 12.8 Å². The van der Waals surface area contributed by atoms with Crippen LogP contribution in [0.1, 0.15) is 168 Å². The number of carbonyl (C=O) groups is 2. The van der Waals surface area contributed by atoms with Crippen LogP contribution in [0.2, 0.25) is 0 Å². The molecular weight excluding hydrogens is 853 g/mol. The minimum atomic E-state index is -1.77. The second-order valence-electron chi connectivity index (χ2n) is 17.6. The van der Waals surface area contributed by atoms with Crippen LogP contribution in [0.25, 0.3) is 0 Å². The maximum atomic E-state index is 13.0. The Morgan fingerprint density at radius 3 is 1.41 bits per heavy atom. The molecule has 2 aliphatic heterocycles. The van der Waals surface area contributed by atoms with Crippen molar-refractivity contribution in [3.63, 3.8) is 0 Å². The summed E-state index contributed by atoms with van der Waals surface area (Å²) < 4.78 is 33.5. The van der Waals surface area contributed by atoms with E-state index in [2.05, 4.69) is 62.5 Å². The Morgan fingerprint density at radius 1 is 0.485 bits per heavy atom. The molecule has 11 atom stereocenters. The highest BCUT2D eigenvalue weighted by Gasteiger charge is 2.47. The van der Waals surface area contributed by atoms with Crippen LogP contribution >= 0.6 is 0 Å². The second-order valence-corrected chi connectivity index (χ2v) is 17.6. The normalized spacial score (nSPS) is 26.6. The molecule has 2 aliphatic rings. The quantitative estimate of drug-likeness (QED) is 0.0194. The lowest BCUT2D eigenvalue weighted by molar-refractivity contribution is -0.332. The van der Waals surface area contributed by atoms with Crippen molar-refractivity contribution in [2.24, 2.45) is 0 Å². The Kier molecular flexibility index (Phi) is 34.6. The van der Waals surface area contributed by atoms with Gasteiger partial charge in [-0.15, -0.1) is 0 Å². The van der Waals surface area contributed by atoms with Gasteiger partial charge in [-0.1, -0.05) is 127 Å². The molecule has 2 heterocycles. The Hall–Kier alpha value is -2.54. The third kappa shape index (κ3) is 26.3. The maximum Gasteiger partial charge on any atom is 0.306 e. The number of unbranched alkanes of at least 4 members (excludes halogenated alkanes) is 16. The summed E-state index contributed by atoms with van der Waals surface area (Å²) in [5.74, 6) is -0.959. The molecule has 7 N–H and O–H groups in total. The summed E-state index contributed by atoms with van der Waals surface area (Å²) in [6.45, 7) is 2.49. The van der Waals surface area contributed by atoms with Gasteiger partial charge < -0.3 is 64.2 Å². The number of rotatable bonds is 38. The molecule has 0 spiro atoms. The van der Waals surface area contributed by atoms with Crippen LogP contribution in [0.15, 0.2) is 48.6 Å². The third-order valence-corrected chi connectivity index (χ3v) is 11.8. The van der Waals surface area contributed by atoms with Crippen molar-refractivity contribution in [2.45, 2.75) is 235 Å². The first-order chi connectivity index (χ1) is 32.0. The largest absolute Gasteiger partial charge is 0.462 e. The van der Waals surface area contributed by atoms with E-state index in [1.807, 2.05) is 0 Å². The van der Waals surface area contributed by atoms with Gasteiger partial charge in [-0.05, 0) is 77.0 Å². The number of allylic oxidation sites excluding steroid dienone is 8. The number of esters is 2. The maximum absolute atomic E-state index is 13.0. The van der Waals surface area contributed by atoms with E-state index in [4.69, 9.17) is 28.4 Å². The smallest absolute Gasteiger partial charge is 0.306 e. The number of hydrogen-bond acceptors (Lipinski definition) is 15. The van der Waals surface area contributed by atoms with Crippen molar-refractivity contribution in [3.05, 3.63) is 48.6 Å². The van der Waals surface area contributed by atoms with Crippen molar-refractivity contribution < 1.29 is 73.8 Å². The van der Waals surface area contributed by atoms with E-state index in [-0.39, 0.29) is 19.4 Å². The van der Waals surface area contributed by atoms with Crippen molar-refractivity contribution >= 4 is 11.9 Å². The summed E-state index contributed by atoms with van der Waals surface area (Å²) in [4.78, 5) is 25.7. The third-order valence-electron chi connectivity index (χ3n) is 11.8. The van der Waals surface area contributed by atoms with E-state index >= 15 is 0 Å². The van der Waals surface area contributed by atoms with E-state index < -0.39 is 99.3 Å². The molecular formula is C51H88O15. The number of ether oxygens (including phenoxy) is 6. The number of carbonyl (C=O) groups excluding carboxylic acids is 2. The fourth-order valence-electron chi connectivity index (χ4n) is 7.57.